The van der Waals surface area contributed by atoms with Gasteiger partial charge in [-0.3, -0.25) is 9.59 Å². The molecule has 0 radical (unpaired) electrons. The van der Waals surface area contributed by atoms with Gasteiger partial charge in [0.2, 0.25) is 5.91 Å². The first-order chi connectivity index (χ1) is 6.77. The number of hydrogen-bond donors (Lipinski definition) is 1. The lowest BCUT2D eigenvalue weighted by Crippen LogP contribution is -2.48. The Hall–Kier alpha value is -0.900. The van der Waals surface area contributed by atoms with Crippen LogP contribution in [0.25, 0.3) is 0 Å². The first-order valence-corrected chi connectivity index (χ1v) is 5.28. The fourth-order valence-electron chi connectivity index (χ4n) is 2.17. The van der Waals surface area contributed by atoms with Crippen LogP contribution >= 0.6 is 0 Å². The van der Waals surface area contributed by atoms with Crippen molar-refractivity contribution < 1.29 is 9.59 Å². The van der Waals surface area contributed by atoms with Crippen molar-refractivity contribution >= 4 is 11.7 Å². The van der Waals surface area contributed by atoms with Gasteiger partial charge in [0.05, 0.1) is 0 Å². The molecule has 0 bridgehead atoms. The molecule has 78 valence electrons. The lowest BCUT2D eigenvalue weighted by Gasteiger charge is -2.29. The molecule has 0 spiro atoms. The lowest BCUT2D eigenvalue weighted by molar-refractivity contribution is -0.136. The average molecular weight is 196 g/mol. The summed E-state index contributed by atoms with van der Waals surface area (Å²) >= 11 is 0. The van der Waals surface area contributed by atoms with Crippen LogP contribution in [-0.4, -0.2) is 42.8 Å². The van der Waals surface area contributed by atoms with E-state index in [4.69, 9.17) is 0 Å². The molecule has 1 saturated heterocycles. The third kappa shape index (κ3) is 1.95. The van der Waals surface area contributed by atoms with Crippen molar-refractivity contribution in [3.8, 4) is 0 Å². The molecule has 2 fully saturated rings. The van der Waals surface area contributed by atoms with E-state index in [9.17, 15) is 9.59 Å². The highest BCUT2D eigenvalue weighted by Gasteiger charge is 2.31. The standard InChI is InChI=1S/C10H16N2O2/c13-9-2-1-8(7-9)10(14)12-5-3-11-4-6-12/h8,11H,1-7H2/t8-/m0/s1. The van der Waals surface area contributed by atoms with E-state index in [2.05, 4.69) is 5.32 Å². The van der Waals surface area contributed by atoms with Crippen LogP contribution in [-0.2, 0) is 9.59 Å². The normalized spacial score (nSPS) is 28.1. The van der Waals surface area contributed by atoms with Gasteiger partial charge >= 0.3 is 0 Å². The highest BCUT2D eigenvalue weighted by atomic mass is 16.2. The summed E-state index contributed by atoms with van der Waals surface area (Å²) in [5, 5.41) is 3.21. The maximum Gasteiger partial charge on any atom is 0.226 e. The van der Waals surface area contributed by atoms with E-state index in [-0.39, 0.29) is 17.6 Å². The SMILES string of the molecule is O=C1CC[C@H](C(=O)N2CCNCC2)C1. The van der Waals surface area contributed by atoms with Gasteiger partial charge in [-0.2, -0.15) is 0 Å². The number of ketones is 1. The molecule has 14 heavy (non-hydrogen) atoms. The molecule has 0 aromatic heterocycles. The first kappa shape index (κ1) is 9.65. The topological polar surface area (TPSA) is 49.4 Å². The van der Waals surface area contributed by atoms with Crippen LogP contribution in [0.4, 0.5) is 0 Å². The van der Waals surface area contributed by atoms with Crippen molar-refractivity contribution in [1.29, 1.82) is 0 Å². The van der Waals surface area contributed by atoms with E-state index in [1.807, 2.05) is 4.90 Å². The van der Waals surface area contributed by atoms with E-state index in [1.165, 1.54) is 0 Å². The molecule has 1 aliphatic heterocycles. The summed E-state index contributed by atoms with van der Waals surface area (Å²) in [7, 11) is 0. The molecule has 1 amide bonds. The Morgan fingerprint density at radius 1 is 1.36 bits per heavy atom. The van der Waals surface area contributed by atoms with E-state index in [0.29, 0.717) is 12.8 Å². The Morgan fingerprint density at radius 2 is 2.07 bits per heavy atom. The maximum atomic E-state index is 11.9. The second kappa shape index (κ2) is 4.09. The van der Waals surface area contributed by atoms with Crippen LogP contribution in [0.15, 0.2) is 0 Å². The molecule has 2 rings (SSSR count). The summed E-state index contributed by atoms with van der Waals surface area (Å²) in [5.74, 6) is 0.427. The van der Waals surface area contributed by atoms with Crippen LogP contribution in [0.2, 0.25) is 0 Å². The number of piperazine rings is 1. The van der Waals surface area contributed by atoms with Crippen molar-refractivity contribution in [1.82, 2.24) is 10.2 Å². The van der Waals surface area contributed by atoms with Crippen LogP contribution < -0.4 is 5.32 Å². The summed E-state index contributed by atoms with van der Waals surface area (Å²) in [5.41, 5.74) is 0. The Bertz CT molecular complexity index is 247. The van der Waals surface area contributed by atoms with Gasteiger partial charge < -0.3 is 10.2 Å². The van der Waals surface area contributed by atoms with E-state index in [0.717, 1.165) is 32.6 Å². The number of hydrogen-bond acceptors (Lipinski definition) is 3. The predicted octanol–water partition coefficient (Wildman–Crippen LogP) is -0.213. The molecule has 1 atom stereocenters. The van der Waals surface area contributed by atoms with E-state index < -0.39 is 0 Å². The second-order valence-corrected chi connectivity index (χ2v) is 4.05. The van der Waals surface area contributed by atoms with Crippen molar-refractivity contribution in [3.63, 3.8) is 0 Å². The zero-order valence-electron chi connectivity index (χ0n) is 8.29. The van der Waals surface area contributed by atoms with Gasteiger partial charge in [0.25, 0.3) is 0 Å². The third-order valence-corrected chi connectivity index (χ3v) is 3.02. The van der Waals surface area contributed by atoms with Crippen LogP contribution in [0.3, 0.4) is 0 Å². The van der Waals surface area contributed by atoms with Crippen molar-refractivity contribution in [2.45, 2.75) is 19.3 Å². The molecule has 1 heterocycles. The van der Waals surface area contributed by atoms with Crippen LogP contribution in [0.1, 0.15) is 19.3 Å². The maximum absolute atomic E-state index is 11.9. The minimum absolute atomic E-state index is 0.0133. The van der Waals surface area contributed by atoms with Crippen LogP contribution in [0.5, 0.6) is 0 Å². The molecule has 1 aliphatic carbocycles. The molecule has 2 aliphatic rings. The Kier molecular flexibility index (Phi) is 2.82. The smallest absolute Gasteiger partial charge is 0.226 e. The Labute approximate surface area is 83.6 Å². The van der Waals surface area contributed by atoms with Gasteiger partial charge in [-0.05, 0) is 6.42 Å². The molecular weight excluding hydrogens is 180 g/mol. The van der Waals surface area contributed by atoms with Gasteiger partial charge in [-0.25, -0.2) is 0 Å². The predicted molar refractivity (Wildman–Crippen MR) is 51.8 cm³/mol. The molecule has 0 aromatic carbocycles. The number of amides is 1. The second-order valence-electron chi connectivity index (χ2n) is 4.05. The fourth-order valence-corrected chi connectivity index (χ4v) is 2.17. The number of nitrogens with one attached hydrogen (secondary N) is 1. The largest absolute Gasteiger partial charge is 0.340 e. The lowest BCUT2D eigenvalue weighted by atomic mass is 10.1. The monoisotopic (exact) mass is 196 g/mol. The number of carbonyl (C=O) groups excluding carboxylic acids is 2. The Balaban J connectivity index is 1.90. The van der Waals surface area contributed by atoms with Crippen LogP contribution in [0, 0.1) is 5.92 Å². The Morgan fingerprint density at radius 3 is 2.64 bits per heavy atom. The highest BCUT2D eigenvalue weighted by Crippen LogP contribution is 2.23. The minimum Gasteiger partial charge on any atom is -0.340 e. The van der Waals surface area contributed by atoms with E-state index in [1.54, 1.807) is 0 Å². The number of rotatable bonds is 1. The number of carbonyl (C=O) groups is 2. The molecule has 4 nitrogen and oxygen atoms in total. The fraction of sp³-hybridized carbons (Fsp3) is 0.800. The zero-order valence-corrected chi connectivity index (χ0v) is 8.29. The van der Waals surface area contributed by atoms with Gasteiger partial charge in [0, 0.05) is 44.9 Å². The minimum atomic E-state index is -0.0133. The molecule has 1 N–H and O–H groups in total. The van der Waals surface area contributed by atoms with Crippen molar-refractivity contribution in [2.75, 3.05) is 26.2 Å². The van der Waals surface area contributed by atoms with Gasteiger partial charge in [0.1, 0.15) is 5.78 Å². The third-order valence-electron chi connectivity index (χ3n) is 3.02. The van der Waals surface area contributed by atoms with E-state index >= 15 is 0 Å². The first-order valence-electron chi connectivity index (χ1n) is 5.28. The molecule has 0 unspecified atom stereocenters. The molecular formula is C10H16N2O2. The summed E-state index contributed by atoms with van der Waals surface area (Å²) in [6.07, 6.45) is 1.84. The number of Topliss-reactive ketones (excluding diaryl/α,β-unsaturated/α-hetero) is 1. The molecule has 0 aromatic rings. The van der Waals surface area contributed by atoms with Crippen molar-refractivity contribution in [3.05, 3.63) is 0 Å². The molecule has 1 saturated carbocycles. The summed E-state index contributed by atoms with van der Waals surface area (Å²) in [6, 6.07) is 0. The summed E-state index contributed by atoms with van der Waals surface area (Å²) in [6.45, 7) is 3.35. The quantitative estimate of drug-likeness (QED) is 0.631. The number of nitrogens with zero attached hydrogens (tertiary/aromatic N) is 1. The summed E-state index contributed by atoms with van der Waals surface area (Å²) in [4.78, 5) is 24.8. The summed E-state index contributed by atoms with van der Waals surface area (Å²) < 4.78 is 0. The molecule has 4 heteroatoms. The van der Waals surface area contributed by atoms with Gasteiger partial charge in [-0.1, -0.05) is 0 Å². The highest BCUT2D eigenvalue weighted by molar-refractivity contribution is 5.90. The zero-order chi connectivity index (χ0) is 9.97. The van der Waals surface area contributed by atoms with Gasteiger partial charge in [0.15, 0.2) is 0 Å². The van der Waals surface area contributed by atoms with Gasteiger partial charge in [-0.15, -0.1) is 0 Å². The average Bonchev–Trinajstić information content (AvgIpc) is 2.65. The van der Waals surface area contributed by atoms with Crippen molar-refractivity contribution in [2.24, 2.45) is 5.92 Å².